The Morgan fingerprint density at radius 1 is 0.213 bits per heavy atom. The molecule has 0 spiro atoms. The fraction of sp³-hybridized carbons (Fsp3) is 0.944. The summed E-state index contributed by atoms with van der Waals surface area (Å²) >= 11 is 0. The maximum atomic E-state index is 10.2. The first kappa shape index (κ1) is 66.9. The van der Waals surface area contributed by atoms with Gasteiger partial charge in [0.2, 0.25) is 0 Å². The van der Waals surface area contributed by atoms with Gasteiger partial charge in [-0.25, -0.2) is 0 Å². The molecular formula is C54H105CdO6-. The van der Waals surface area contributed by atoms with E-state index in [2.05, 4.69) is 20.8 Å². The van der Waals surface area contributed by atoms with Gasteiger partial charge in [0, 0.05) is 17.9 Å². The Kier molecular flexibility index (Phi) is 69.8. The molecule has 0 radical (unpaired) electrons. The molecule has 0 bridgehead atoms. The van der Waals surface area contributed by atoms with Crippen LogP contribution < -0.4 is 15.3 Å². The average Bonchev–Trinajstić information content (AvgIpc) is 3.22. The molecule has 7 heteroatoms. The number of carbonyl (C=O) groups is 3. The second-order valence-electron chi connectivity index (χ2n) is 18.2. The number of rotatable bonds is 48. The van der Waals surface area contributed by atoms with Crippen molar-refractivity contribution in [2.24, 2.45) is 0 Å². The van der Waals surface area contributed by atoms with Crippen LogP contribution in [0, 0.1) is 0 Å². The van der Waals surface area contributed by atoms with Crippen LogP contribution in [0.25, 0.3) is 0 Å². The molecule has 0 fully saturated rings. The Morgan fingerprint density at radius 2 is 0.311 bits per heavy atom. The molecule has 0 saturated heterocycles. The largest absolute Gasteiger partial charge is 2.00 e. The van der Waals surface area contributed by atoms with Crippen molar-refractivity contribution in [3.8, 4) is 0 Å². The number of hydrogen-bond acceptors (Lipinski definition) is 6. The van der Waals surface area contributed by atoms with Crippen LogP contribution in [0.4, 0.5) is 0 Å². The number of carboxylic acid groups (broad SMARTS) is 3. The van der Waals surface area contributed by atoms with Gasteiger partial charge >= 0.3 is 27.3 Å². The Balaban J connectivity index is -0.000000396. The number of carbonyl (C=O) groups excluding carboxylic acids is 3. The molecule has 360 valence electrons. The predicted molar refractivity (Wildman–Crippen MR) is 254 cm³/mol. The van der Waals surface area contributed by atoms with Gasteiger partial charge in [-0.3, -0.25) is 0 Å². The van der Waals surface area contributed by atoms with Crippen LogP contribution >= 0.6 is 0 Å². The molecule has 0 aliphatic rings. The first-order valence-corrected chi connectivity index (χ1v) is 26.9. The molecule has 0 aliphatic heterocycles. The zero-order chi connectivity index (χ0) is 44.7. The van der Waals surface area contributed by atoms with Crippen LogP contribution in [0.5, 0.6) is 0 Å². The zero-order valence-electron chi connectivity index (χ0n) is 41.6. The summed E-state index contributed by atoms with van der Waals surface area (Å²) in [6.07, 6.45) is 59.6. The van der Waals surface area contributed by atoms with Crippen LogP contribution in [-0.4, -0.2) is 17.9 Å². The SMILES string of the molecule is CCCCCCCCCCCCCCCCCC(=O)[O-].CCCCCCCCCCCCCCCCCC(=O)[O-].CCCCCCCCCCCCCCCCCC(=O)[O-].[Cd+2]. The van der Waals surface area contributed by atoms with Gasteiger partial charge in [-0.1, -0.05) is 290 Å². The van der Waals surface area contributed by atoms with Gasteiger partial charge in [0.1, 0.15) is 0 Å². The van der Waals surface area contributed by atoms with Crippen molar-refractivity contribution < 1.29 is 57.0 Å². The van der Waals surface area contributed by atoms with Crippen molar-refractivity contribution in [3.05, 3.63) is 0 Å². The number of aliphatic carboxylic acids is 3. The Bertz CT molecular complexity index is 717. The molecule has 0 saturated carbocycles. The molecule has 0 atom stereocenters. The van der Waals surface area contributed by atoms with E-state index in [4.69, 9.17) is 0 Å². The normalized spacial score (nSPS) is 10.7. The van der Waals surface area contributed by atoms with Gasteiger partial charge in [-0.15, -0.1) is 0 Å². The van der Waals surface area contributed by atoms with Crippen LogP contribution in [0.2, 0.25) is 0 Å². The van der Waals surface area contributed by atoms with Crippen molar-refractivity contribution in [3.63, 3.8) is 0 Å². The van der Waals surface area contributed by atoms with E-state index in [1.807, 2.05) is 0 Å². The molecule has 0 aromatic rings. The molecule has 0 aromatic heterocycles. The minimum Gasteiger partial charge on any atom is -0.550 e. The Labute approximate surface area is 401 Å². The summed E-state index contributed by atoms with van der Waals surface area (Å²) < 4.78 is 0. The van der Waals surface area contributed by atoms with Crippen molar-refractivity contribution in [2.45, 2.75) is 329 Å². The minimum atomic E-state index is -0.903. The number of carboxylic acids is 3. The molecule has 0 heterocycles. The molecule has 0 aromatic carbocycles. The zero-order valence-corrected chi connectivity index (χ0v) is 45.6. The predicted octanol–water partition coefficient (Wildman–Crippen LogP) is 15.0. The number of hydrogen-bond donors (Lipinski definition) is 0. The second-order valence-corrected chi connectivity index (χ2v) is 18.2. The van der Waals surface area contributed by atoms with Crippen LogP contribution in [0.3, 0.4) is 0 Å². The molecule has 0 aliphatic carbocycles. The van der Waals surface area contributed by atoms with Crippen LogP contribution in [0.15, 0.2) is 0 Å². The molecule has 0 unspecified atom stereocenters. The molecule has 0 N–H and O–H groups in total. The molecule has 61 heavy (non-hydrogen) atoms. The van der Waals surface area contributed by atoms with E-state index in [-0.39, 0.29) is 46.6 Å². The van der Waals surface area contributed by atoms with Crippen molar-refractivity contribution in [1.29, 1.82) is 0 Å². The second kappa shape index (κ2) is 63.6. The first-order valence-electron chi connectivity index (χ1n) is 26.9. The summed E-state index contributed by atoms with van der Waals surface area (Å²) in [6.45, 7) is 6.80. The monoisotopic (exact) mass is 964 g/mol. The van der Waals surface area contributed by atoms with E-state index in [0.717, 1.165) is 38.5 Å². The smallest absolute Gasteiger partial charge is 0.550 e. The van der Waals surface area contributed by atoms with Gasteiger partial charge in [0.25, 0.3) is 0 Å². The summed E-state index contributed by atoms with van der Waals surface area (Å²) in [5, 5.41) is 30.7. The van der Waals surface area contributed by atoms with Gasteiger partial charge in [0.05, 0.1) is 0 Å². The van der Waals surface area contributed by atoms with E-state index in [0.29, 0.717) is 0 Å². The maximum Gasteiger partial charge on any atom is 2.00 e. The molecule has 0 rings (SSSR count). The van der Waals surface area contributed by atoms with Crippen molar-refractivity contribution >= 4 is 17.9 Å². The first-order chi connectivity index (χ1) is 29.3. The maximum absolute atomic E-state index is 10.2. The number of unbranched alkanes of at least 4 members (excludes halogenated alkanes) is 42. The fourth-order valence-corrected chi connectivity index (χ4v) is 7.92. The Morgan fingerprint density at radius 3 is 0.410 bits per heavy atom. The van der Waals surface area contributed by atoms with Crippen molar-refractivity contribution in [2.75, 3.05) is 0 Å². The van der Waals surface area contributed by atoms with E-state index in [9.17, 15) is 29.7 Å². The third-order valence-electron chi connectivity index (χ3n) is 12.0. The van der Waals surface area contributed by atoms with E-state index >= 15 is 0 Å². The fourth-order valence-electron chi connectivity index (χ4n) is 7.92. The van der Waals surface area contributed by atoms with Crippen LogP contribution in [0.1, 0.15) is 329 Å². The van der Waals surface area contributed by atoms with E-state index in [1.54, 1.807) is 0 Å². The topological polar surface area (TPSA) is 120 Å². The molecule has 6 nitrogen and oxygen atoms in total. The van der Waals surface area contributed by atoms with Gasteiger partial charge in [0.15, 0.2) is 0 Å². The third-order valence-corrected chi connectivity index (χ3v) is 12.0. The minimum absolute atomic E-state index is 0. The molecular weight excluding hydrogens is 857 g/mol. The third kappa shape index (κ3) is 77.0. The van der Waals surface area contributed by atoms with E-state index < -0.39 is 17.9 Å². The summed E-state index contributed by atoms with van der Waals surface area (Å²) in [5.74, 6) is -2.71. The van der Waals surface area contributed by atoms with E-state index in [1.165, 1.54) is 250 Å². The Hall–Kier alpha value is -0.668. The summed E-state index contributed by atoms with van der Waals surface area (Å²) in [6, 6.07) is 0. The summed E-state index contributed by atoms with van der Waals surface area (Å²) in [7, 11) is 0. The van der Waals surface area contributed by atoms with Crippen molar-refractivity contribution in [1.82, 2.24) is 0 Å². The quantitative estimate of drug-likeness (QED) is 0.0442. The standard InChI is InChI=1S/3C18H36O2.Cd/c3*1-2-3-4-5-6-7-8-9-10-11-12-13-14-15-16-17-18(19)20;/h3*2-17H2,1H3,(H,19,20);/q;;;+2/p-3. The molecule has 0 amide bonds. The summed E-state index contributed by atoms with van der Waals surface area (Å²) in [5.41, 5.74) is 0. The van der Waals surface area contributed by atoms with Gasteiger partial charge in [-0.05, 0) is 38.5 Å². The average molecular weight is 963 g/mol. The van der Waals surface area contributed by atoms with Crippen LogP contribution in [-0.2, 0) is 41.7 Å². The van der Waals surface area contributed by atoms with Gasteiger partial charge in [-0.2, -0.15) is 0 Å². The summed E-state index contributed by atoms with van der Waals surface area (Å²) in [4.78, 5) is 30.7. The van der Waals surface area contributed by atoms with Gasteiger partial charge < -0.3 is 29.7 Å².